The third kappa shape index (κ3) is 29.0. The fourth-order valence-corrected chi connectivity index (χ4v) is 2.85. The number of aliphatic hydroxyl groups is 3. The van der Waals surface area contributed by atoms with Gasteiger partial charge in [-0.05, 0) is 38.5 Å². The van der Waals surface area contributed by atoms with E-state index in [2.05, 4.69) is 31.2 Å². The quantitative estimate of drug-likeness (QED) is 0.171. The number of carboxylic acids is 1. The third-order valence-electron chi connectivity index (χ3n) is 4.59. The number of aliphatic hydroxyl groups excluding tert-OH is 3. The van der Waals surface area contributed by atoms with Crippen molar-refractivity contribution < 1.29 is 25.2 Å². The van der Waals surface area contributed by atoms with E-state index < -0.39 is 5.97 Å². The molecule has 0 atom stereocenters. The van der Waals surface area contributed by atoms with Gasteiger partial charge in [-0.1, -0.05) is 63.3 Å². The predicted octanol–water partition coefficient (Wildman–Crippen LogP) is 4.15. The van der Waals surface area contributed by atoms with Crippen molar-refractivity contribution >= 4 is 5.97 Å². The zero-order valence-electron chi connectivity index (χ0n) is 19.2. The standard InChI is InChI=1S/C18H32O2.C6H15NO3/c1-2-3-4-5-6-7-8-9-10-11-12-13-14-15-16-17-18(19)20;8-4-1-7(2-5-9)3-6-10/h6-7,9-10H,2-5,8,11-17H2,1H3,(H,19,20);8-10H,1-6H2/b7-6-,10-9-;. The number of carbonyl (C=O) groups is 1. The van der Waals surface area contributed by atoms with Crippen LogP contribution in [0.2, 0.25) is 0 Å². The van der Waals surface area contributed by atoms with Crippen molar-refractivity contribution in [3.05, 3.63) is 24.3 Å². The van der Waals surface area contributed by atoms with Gasteiger partial charge in [0.15, 0.2) is 0 Å². The van der Waals surface area contributed by atoms with E-state index in [9.17, 15) is 4.79 Å². The summed E-state index contributed by atoms with van der Waals surface area (Å²) in [6.45, 7) is 3.99. The second-order valence-corrected chi connectivity index (χ2v) is 7.39. The van der Waals surface area contributed by atoms with Gasteiger partial charge in [0, 0.05) is 26.1 Å². The van der Waals surface area contributed by atoms with Gasteiger partial charge in [-0.3, -0.25) is 9.69 Å². The average Bonchev–Trinajstić information content (AvgIpc) is 2.72. The molecule has 0 aromatic rings. The van der Waals surface area contributed by atoms with Crippen LogP contribution in [0.5, 0.6) is 0 Å². The molecule has 0 aliphatic carbocycles. The van der Waals surface area contributed by atoms with E-state index in [0.29, 0.717) is 26.1 Å². The number of aliphatic carboxylic acids is 1. The first-order valence-electron chi connectivity index (χ1n) is 11.7. The Labute approximate surface area is 184 Å². The fourth-order valence-electron chi connectivity index (χ4n) is 2.85. The summed E-state index contributed by atoms with van der Waals surface area (Å²) < 4.78 is 0. The van der Waals surface area contributed by atoms with Gasteiger partial charge in [0.25, 0.3) is 0 Å². The Hall–Kier alpha value is -1.21. The summed E-state index contributed by atoms with van der Waals surface area (Å²) in [6.07, 6.45) is 22.3. The SMILES string of the molecule is CCCCC/C=C\C/C=C\CCCCCCCC(=O)O.OCCN(CCO)CCO. The number of hydrogen-bond acceptors (Lipinski definition) is 5. The summed E-state index contributed by atoms with van der Waals surface area (Å²) in [5.41, 5.74) is 0. The number of nitrogens with zero attached hydrogens (tertiary/aromatic N) is 1. The van der Waals surface area contributed by atoms with Crippen LogP contribution in [0.3, 0.4) is 0 Å². The molecule has 178 valence electrons. The van der Waals surface area contributed by atoms with Crippen molar-refractivity contribution in [1.82, 2.24) is 4.90 Å². The smallest absolute Gasteiger partial charge is 0.303 e. The summed E-state index contributed by atoms with van der Waals surface area (Å²) in [4.78, 5) is 12.1. The van der Waals surface area contributed by atoms with E-state index in [1.165, 1.54) is 44.9 Å². The van der Waals surface area contributed by atoms with Crippen LogP contribution in [-0.2, 0) is 4.79 Å². The monoisotopic (exact) mass is 429 g/mol. The van der Waals surface area contributed by atoms with Gasteiger partial charge in [-0.2, -0.15) is 0 Å². The second-order valence-electron chi connectivity index (χ2n) is 7.39. The van der Waals surface area contributed by atoms with Crippen LogP contribution in [0.25, 0.3) is 0 Å². The molecule has 0 fully saturated rings. The van der Waals surface area contributed by atoms with E-state index in [0.717, 1.165) is 25.7 Å². The highest BCUT2D eigenvalue weighted by Crippen LogP contribution is 2.08. The molecule has 0 heterocycles. The van der Waals surface area contributed by atoms with Crippen LogP contribution < -0.4 is 0 Å². The molecule has 4 N–H and O–H groups in total. The lowest BCUT2D eigenvalue weighted by Crippen LogP contribution is -2.32. The van der Waals surface area contributed by atoms with Crippen molar-refractivity contribution in [2.24, 2.45) is 0 Å². The van der Waals surface area contributed by atoms with Gasteiger partial charge in [0.2, 0.25) is 0 Å². The summed E-state index contributed by atoms with van der Waals surface area (Å²) in [5, 5.41) is 34.0. The van der Waals surface area contributed by atoms with Crippen LogP contribution >= 0.6 is 0 Å². The van der Waals surface area contributed by atoms with E-state index in [4.69, 9.17) is 20.4 Å². The number of allylic oxidation sites excluding steroid dienone is 4. The first-order valence-corrected chi connectivity index (χ1v) is 11.7. The number of carboxylic acid groups (broad SMARTS) is 1. The van der Waals surface area contributed by atoms with E-state index in [-0.39, 0.29) is 19.8 Å². The lowest BCUT2D eigenvalue weighted by atomic mass is 10.1. The Morgan fingerprint density at radius 2 is 1.17 bits per heavy atom. The Kier molecular flexibility index (Phi) is 28.7. The first-order chi connectivity index (χ1) is 14.6. The highest BCUT2D eigenvalue weighted by atomic mass is 16.4. The molecular formula is C24H47NO5. The average molecular weight is 430 g/mol. The maximum atomic E-state index is 10.3. The summed E-state index contributed by atoms with van der Waals surface area (Å²) in [7, 11) is 0. The number of hydrogen-bond donors (Lipinski definition) is 4. The van der Waals surface area contributed by atoms with Crippen molar-refractivity contribution in [3.63, 3.8) is 0 Å². The van der Waals surface area contributed by atoms with Gasteiger partial charge in [0.1, 0.15) is 0 Å². The molecule has 0 spiro atoms. The van der Waals surface area contributed by atoms with Gasteiger partial charge >= 0.3 is 5.97 Å². The summed E-state index contributed by atoms with van der Waals surface area (Å²) >= 11 is 0. The Bertz CT molecular complexity index is 385. The van der Waals surface area contributed by atoms with Crippen LogP contribution in [0.15, 0.2) is 24.3 Å². The van der Waals surface area contributed by atoms with Crippen molar-refractivity contribution in [3.8, 4) is 0 Å². The molecular weight excluding hydrogens is 382 g/mol. The molecule has 6 nitrogen and oxygen atoms in total. The minimum Gasteiger partial charge on any atom is -0.481 e. The fraction of sp³-hybridized carbons (Fsp3) is 0.792. The van der Waals surface area contributed by atoms with Crippen LogP contribution in [0.4, 0.5) is 0 Å². The zero-order chi connectivity index (χ0) is 22.7. The molecule has 0 aliphatic heterocycles. The molecule has 30 heavy (non-hydrogen) atoms. The molecule has 0 bridgehead atoms. The largest absolute Gasteiger partial charge is 0.481 e. The maximum absolute atomic E-state index is 10.3. The van der Waals surface area contributed by atoms with Crippen LogP contribution in [0.1, 0.15) is 84.0 Å². The Morgan fingerprint density at radius 3 is 1.63 bits per heavy atom. The maximum Gasteiger partial charge on any atom is 0.303 e. The van der Waals surface area contributed by atoms with Gasteiger partial charge in [-0.15, -0.1) is 0 Å². The van der Waals surface area contributed by atoms with Gasteiger partial charge in [0.05, 0.1) is 19.8 Å². The van der Waals surface area contributed by atoms with Crippen molar-refractivity contribution in [2.45, 2.75) is 84.0 Å². The van der Waals surface area contributed by atoms with Gasteiger partial charge < -0.3 is 20.4 Å². The molecule has 0 rings (SSSR count). The predicted molar refractivity (Wildman–Crippen MR) is 125 cm³/mol. The minimum atomic E-state index is -0.671. The molecule has 0 radical (unpaired) electrons. The highest BCUT2D eigenvalue weighted by Gasteiger charge is 2.00. The van der Waals surface area contributed by atoms with Crippen LogP contribution in [0, 0.1) is 0 Å². The second kappa shape index (κ2) is 27.8. The molecule has 0 aliphatic rings. The lowest BCUT2D eigenvalue weighted by Gasteiger charge is -2.17. The van der Waals surface area contributed by atoms with E-state index >= 15 is 0 Å². The normalized spacial score (nSPS) is 11.4. The molecule has 0 amide bonds. The number of rotatable bonds is 20. The topological polar surface area (TPSA) is 101 Å². The highest BCUT2D eigenvalue weighted by molar-refractivity contribution is 5.66. The molecule has 0 unspecified atom stereocenters. The third-order valence-corrected chi connectivity index (χ3v) is 4.59. The zero-order valence-corrected chi connectivity index (χ0v) is 19.2. The van der Waals surface area contributed by atoms with Crippen molar-refractivity contribution in [1.29, 1.82) is 0 Å². The lowest BCUT2D eigenvalue weighted by molar-refractivity contribution is -0.137. The number of unbranched alkanes of at least 4 members (excludes halogenated alkanes) is 8. The van der Waals surface area contributed by atoms with Crippen LogP contribution in [-0.4, -0.2) is 70.8 Å². The molecule has 6 heteroatoms. The molecule has 0 saturated carbocycles. The Balaban J connectivity index is 0. The molecule has 0 aromatic carbocycles. The van der Waals surface area contributed by atoms with Crippen molar-refractivity contribution in [2.75, 3.05) is 39.5 Å². The summed E-state index contributed by atoms with van der Waals surface area (Å²) in [6, 6.07) is 0. The van der Waals surface area contributed by atoms with E-state index in [1.54, 1.807) is 4.90 Å². The summed E-state index contributed by atoms with van der Waals surface area (Å²) in [5.74, 6) is -0.671. The minimum absolute atomic E-state index is 0.0694. The van der Waals surface area contributed by atoms with E-state index in [1.807, 2.05) is 0 Å². The van der Waals surface area contributed by atoms with Gasteiger partial charge in [-0.25, -0.2) is 0 Å². The first kappa shape index (κ1) is 31.0. The Morgan fingerprint density at radius 1 is 0.700 bits per heavy atom. The molecule has 0 saturated heterocycles. The molecule has 0 aromatic heterocycles.